The summed E-state index contributed by atoms with van der Waals surface area (Å²) in [7, 11) is 0. The molecule has 1 fully saturated rings. The van der Waals surface area contributed by atoms with Gasteiger partial charge in [-0.1, -0.05) is 11.6 Å². The number of nitrogens with one attached hydrogen (secondary N) is 3. The van der Waals surface area contributed by atoms with Gasteiger partial charge >= 0.3 is 0 Å². The third-order valence-electron chi connectivity index (χ3n) is 3.63. The van der Waals surface area contributed by atoms with Crippen LogP contribution >= 0.6 is 24.0 Å². The second-order valence-corrected chi connectivity index (χ2v) is 5.81. The first-order valence-corrected chi connectivity index (χ1v) is 7.91. The molecule has 3 rings (SSSR count). The SMILES string of the molecule is Cl.O=C(Nc1ccc(Cl)cc1)c1nccnc1C(=O)NC1CCNC1. The van der Waals surface area contributed by atoms with E-state index < -0.39 is 11.8 Å². The molecule has 0 aliphatic carbocycles. The number of hydrogen-bond donors (Lipinski definition) is 3. The minimum Gasteiger partial charge on any atom is -0.347 e. The molecule has 0 spiro atoms. The molecule has 2 heterocycles. The fraction of sp³-hybridized carbons (Fsp3) is 0.250. The molecule has 0 saturated carbocycles. The molecule has 1 saturated heterocycles. The van der Waals surface area contributed by atoms with Crippen LogP contribution in [0.1, 0.15) is 27.4 Å². The van der Waals surface area contributed by atoms with Gasteiger partial charge in [-0.2, -0.15) is 0 Å². The van der Waals surface area contributed by atoms with Crippen molar-refractivity contribution in [3.8, 4) is 0 Å². The maximum absolute atomic E-state index is 12.4. The van der Waals surface area contributed by atoms with Crippen molar-refractivity contribution in [2.75, 3.05) is 18.4 Å². The van der Waals surface area contributed by atoms with Gasteiger partial charge < -0.3 is 16.0 Å². The molecule has 2 aromatic rings. The lowest BCUT2D eigenvalue weighted by Crippen LogP contribution is -2.38. The smallest absolute Gasteiger partial charge is 0.276 e. The van der Waals surface area contributed by atoms with Crippen LogP contribution in [-0.4, -0.2) is 40.9 Å². The zero-order valence-electron chi connectivity index (χ0n) is 13.2. The first-order chi connectivity index (χ1) is 11.6. The van der Waals surface area contributed by atoms with Gasteiger partial charge in [-0.3, -0.25) is 9.59 Å². The summed E-state index contributed by atoms with van der Waals surface area (Å²) >= 11 is 5.82. The minimum absolute atomic E-state index is 0. The predicted octanol–water partition coefficient (Wildman–Crippen LogP) is 1.90. The van der Waals surface area contributed by atoms with Gasteiger partial charge in [0.25, 0.3) is 11.8 Å². The minimum atomic E-state index is -0.500. The van der Waals surface area contributed by atoms with Gasteiger partial charge in [-0.15, -0.1) is 12.4 Å². The second kappa shape index (κ2) is 8.75. The molecular weight excluding hydrogens is 365 g/mol. The molecule has 3 N–H and O–H groups in total. The van der Waals surface area contributed by atoms with E-state index in [4.69, 9.17) is 11.6 Å². The highest BCUT2D eigenvalue weighted by Gasteiger charge is 2.23. The van der Waals surface area contributed by atoms with E-state index in [1.807, 2.05) is 0 Å². The monoisotopic (exact) mass is 381 g/mol. The Morgan fingerprint density at radius 1 is 1.08 bits per heavy atom. The molecule has 25 heavy (non-hydrogen) atoms. The van der Waals surface area contributed by atoms with E-state index in [1.54, 1.807) is 24.3 Å². The van der Waals surface area contributed by atoms with Crippen molar-refractivity contribution >= 4 is 41.5 Å². The van der Waals surface area contributed by atoms with Crippen molar-refractivity contribution in [1.29, 1.82) is 0 Å². The number of aromatic nitrogens is 2. The van der Waals surface area contributed by atoms with Gasteiger partial charge in [0.1, 0.15) is 0 Å². The molecule has 1 aliphatic heterocycles. The lowest BCUT2D eigenvalue weighted by Gasteiger charge is -2.12. The van der Waals surface area contributed by atoms with Crippen LogP contribution in [0, 0.1) is 0 Å². The normalized spacial score (nSPS) is 16.0. The van der Waals surface area contributed by atoms with E-state index >= 15 is 0 Å². The lowest BCUT2D eigenvalue weighted by atomic mass is 10.2. The topological polar surface area (TPSA) is 96.0 Å². The lowest BCUT2D eigenvalue weighted by molar-refractivity contribution is 0.0921. The highest BCUT2D eigenvalue weighted by molar-refractivity contribution is 6.30. The van der Waals surface area contributed by atoms with E-state index in [0.717, 1.165) is 13.0 Å². The van der Waals surface area contributed by atoms with Gasteiger partial charge in [0.15, 0.2) is 11.4 Å². The number of anilines is 1. The van der Waals surface area contributed by atoms with Crippen LogP contribution in [0.5, 0.6) is 0 Å². The summed E-state index contributed by atoms with van der Waals surface area (Å²) in [6, 6.07) is 6.69. The summed E-state index contributed by atoms with van der Waals surface area (Å²) in [6.45, 7) is 1.56. The molecule has 0 radical (unpaired) electrons. The van der Waals surface area contributed by atoms with Gasteiger partial charge in [0.2, 0.25) is 0 Å². The summed E-state index contributed by atoms with van der Waals surface area (Å²) in [5.74, 6) is -0.904. The number of hydrogen-bond acceptors (Lipinski definition) is 5. The van der Waals surface area contributed by atoms with E-state index in [2.05, 4.69) is 25.9 Å². The van der Waals surface area contributed by atoms with Crippen LogP contribution in [0.2, 0.25) is 5.02 Å². The molecular formula is C16H17Cl2N5O2. The molecule has 132 valence electrons. The van der Waals surface area contributed by atoms with Crippen molar-refractivity contribution in [1.82, 2.24) is 20.6 Å². The van der Waals surface area contributed by atoms with E-state index in [9.17, 15) is 9.59 Å². The number of amides is 2. The largest absolute Gasteiger partial charge is 0.347 e. The van der Waals surface area contributed by atoms with Crippen molar-refractivity contribution < 1.29 is 9.59 Å². The summed E-state index contributed by atoms with van der Waals surface area (Å²) < 4.78 is 0. The number of halogens is 2. The van der Waals surface area contributed by atoms with Crippen LogP contribution in [-0.2, 0) is 0 Å². The first kappa shape index (κ1) is 19.1. The van der Waals surface area contributed by atoms with Crippen molar-refractivity contribution in [3.05, 3.63) is 53.1 Å². The number of benzene rings is 1. The van der Waals surface area contributed by atoms with Crippen molar-refractivity contribution in [2.24, 2.45) is 0 Å². The zero-order chi connectivity index (χ0) is 16.9. The molecule has 1 atom stereocenters. The fourth-order valence-corrected chi connectivity index (χ4v) is 2.55. The first-order valence-electron chi connectivity index (χ1n) is 7.53. The van der Waals surface area contributed by atoms with Crippen molar-refractivity contribution in [2.45, 2.75) is 12.5 Å². The van der Waals surface area contributed by atoms with Gasteiger partial charge in [-0.05, 0) is 37.2 Å². The van der Waals surface area contributed by atoms with Gasteiger partial charge in [0, 0.05) is 35.7 Å². The van der Waals surface area contributed by atoms with Gasteiger partial charge in [-0.25, -0.2) is 9.97 Å². The van der Waals surface area contributed by atoms with E-state index in [1.165, 1.54) is 12.4 Å². The Bertz CT molecular complexity index is 748. The highest BCUT2D eigenvalue weighted by Crippen LogP contribution is 2.15. The Balaban J connectivity index is 0.00000225. The molecule has 1 unspecified atom stereocenters. The Kier molecular flexibility index (Phi) is 6.69. The number of carbonyl (C=O) groups is 2. The summed E-state index contributed by atoms with van der Waals surface area (Å²) in [4.78, 5) is 32.8. The third-order valence-corrected chi connectivity index (χ3v) is 3.88. The third kappa shape index (κ3) is 4.88. The van der Waals surface area contributed by atoms with Gasteiger partial charge in [0.05, 0.1) is 0 Å². The Hall–Kier alpha value is -2.22. The van der Waals surface area contributed by atoms with E-state index in [-0.39, 0.29) is 29.8 Å². The maximum atomic E-state index is 12.4. The molecule has 0 bridgehead atoms. The molecule has 1 aromatic heterocycles. The predicted molar refractivity (Wildman–Crippen MR) is 97.4 cm³/mol. The van der Waals surface area contributed by atoms with Crippen LogP contribution in [0.4, 0.5) is 5.69 Å². The second-order valence-electron chi connectivity index (χ2n) is 5.38. The summed E-state index contributed by atoms with van der Waals surface area (Å²) in [6.07, 6.45) is 3.61. The number of carbonyl (C=O) groups excluding carboxylic acids is 2. The summed E-state index contributed by atoms with van der Waals surface area (Å²) in [5.41, 5.74) is 0.549. The van der Waals surface area contributed by atoms with Crippen molar-refractivity contribution in [3.63, 3.8) is 0 Å². The maximum Gasteiger partial charge on any atom is 0.276 e. The number of rotatable bonds is 4. The van der Waals surface area contributed by atoms with E-state index in [0.29, 0.717) is 17.3 Å². The average Bonchev–Trinajstić information content (AvgIpc) is 3.10. The van der Waals surface area contributed by atoms with Crippen LogP contribution < -0.4 is 16.0 Å². The van der Waals surface area contributed by atoms with Crippen LogP contribution in [0.25, 0.3) is 0 Å². The molecule has 9 heteroatoms. The summed E-state index contributed by atoms with van der Waals surface area (Å²) in [5, 5.41) is 9.27. The quantitative estimate of drug-likeness (QED) is 0.751. The standard InChI is InChI=1S/C16H16ClN5O2.ClH/c17-10-1-3-11(4-2-10)21-15(23)13-14(20-8-7-19-13)16(24)22-12-5-6-18-9-12;/h1-4,7-8,12,18H,5-6,9H2,(H,21,23)(H,22,24);1H. The zero-order valence-corrected chi connectivity index (χ0v) is 14.7. The molecule has 2 amide bonds. The molecule has 7 nitrogen and oxygen atoms in total. The Labute approximate surface area is 156 Å². The fourth-order valence-electron chi connectivity index (χ4n) is 2.43. The molecule has 1 aromatic carbocycles. The average molecular weight is 382 g/mol. The van der Waals surface area contributed by atoms with Crippen LogP contribution in [0.15, 0.2) is 36.7 Å². The highest BCUT2D eigenvalue weighted by atomic mass is 35.5. The van der Waals surface area contributed by atoms with Crippen LogP contribution in [0.3, 0.4) is 0 Å². The Morgan fingerprint density at radius 2 is 1.72 bits per heavy atom. The Morgan fingerprint density at radius 3 is 2.32 bits per heavy atom. The number of nitrogens with zero attached hydrogens (tertiary/aromatic N) is 2. The molecule has 1 aliphatic rings.